The molecule has 0 radical (unpaired) electrons. The summed E-state index contributed by atoms with van der Waals surface area (Å²) < 4.78 is 5.91. The minimum absolute atomic E-state index is 0.606. The van der Waals surface area contributed by atoms with Crippen molar-refractivity contribution in [2.75, 3.05) is 13.2 Å². The van der Waals surface area contributed by atoms with Gasteiger partial charge in [-0.05, 0) is 36.7 Å². The van der Waals surface area contributed by atoms with E-state index in [1.165, 1.54) is 5.56 Å². The van der Waals surface area contributed by atoms with Crippen LogP contribution in [0.5, 0.6) is 5.75 Å². The maximum atomic E-state index is 6.26. The Hall–Kier alpha value is -1.58. The molecule has 0 aliphatic rings. The molecule has 4 heteroatoms. The van der Waals surface area contributed by atoms with Crippen LogP contribution in [0.1, 0.15) is 24.5 Å². The van der Waals surface area contributed by atoms with Crippen LogP contribution < -0.4 is 10.1 Å². The minimum atomic E-state index is 0.606. The molecule has 0 saturated carbocycles. The molecule has 1 heterocycles. The zero-order chi connectivity index (χ0) is 14.9. The van der Waals surface area contributed by atoms with Gasteiger partial charge in [-0.2, -0.15) is 0 Å². The van der Waals surface area contributed by atoms with Crippen molar-refractivity contribution in [2.45, 2.75) is 26.3 Å². The van der Waals surface area contributed by atoms with Crippen molar-refractivity contribution in [1.82, 2.24) is 10.3 Å². The molecule has 0 unspecified atom stereocenters. The highest BCUT2D eigenvalue weighted by Crippen LogP contribution is 2.28. The second kappa shape index (κ2) is 8.65. The number of para-hydroxylation sites is 1. The predicted octanol–water partition coefficient (Wildman–Crippen LogP) is 3.86. The van der Waals surface area contributed by atoms with E-state index in [0.717, 1.165) is 37.2 Å². The summed E-state index contributed by atoms with van der Waals surface area (Å²) in [6, 6.07) is 9.88. The Bertz CT molecular complexity index is 546. The Kier molecular flexibility index (Phi) is 6.51. The van der Waals surface area contributed by atoms with E-state index in [4.69, 9.17) is 16.3 Å². The molecule has 1 aromatic carbocycles. The first kappa shape index (κ1) is 15.8. The van der Waals surface area contributed by atoms with Gasteiger partial charge < -0.3 is 10.1 Å². The average molecular weight is 305 g/mol. The molecular formula is C17H21ClN2O. The van der Waals surface area contributed by atoms with Gasteiger partial charge in [0.15, 0.2) is 0 Å². The van der Waals surface area contributed by atoms with Crippen molar-refractivity contribution in [1.29, 1.82) is 0 Å². The second-order valence-corrected chi connectivity index (χ2v) is 5.27. The summed E-state index contributed by atoms with van der Waals surface area (Å²) in [6.45, 7) is 4.52. The Morgan fingerprint density at radius 1 is 1.19 bits per heavy atom. The largest absolute Gasteiger partial charge is 0.491 e. The van der Waals surface area contributed by atoms with Crippen LogP contribution in [0.4, 0.5) is 0 Å². The first-order valence-corrected chi connectivity index (χ1v) is 7.69. The van der Waals surface area contributed by atoms with E-state index in [9.17, 15) is 0 Å². The van der Waals surface area contributed by atoms with Gasteiger partial charge in [-0.15, -0.1) is 0 Å². The molecule has 0 fully saturated rings. The summed E-state index contributed by atoms with van der Waals surface area (Å²) in [5, 5.41) is 4.05. The van der Waals surface area contributed by atoms with E-state index >= 15 is 0 Å². The first-order chi connectivity index (χ1) is 10.3. The number of benzene rings is 1. The highest BCUT2D eigenvalue weighted by atomic mass is 35.5. The van der Waals surface area contributed by atoms with Crippen LogP contribution in [-0.2, 0) is 13.0 Å². The molecule has 112 valence electrons. The third-order valence-corrected chi connectivity index (χ3v) is 3.47. The van der Waals surface area contributed by atoms with E-state index in [2.05, 4.69) is 23.3 Å². The fourth-order valence-corrected chi connectivity index (χ4v) is 2.32. The van der Waals surface area contributed by atoms with Crippen molar-refractivity contribution in [3.05, 3.63) is 58.9 Å². The molecule has 0 amide bonds. The zero-order valence-corrected chi connectivity index (χ0v) is 13.1. The van der Waals surface area contributed by atoms with Gasteiger partial charge in [0.1, 0.15) is 5.75 Å². The van der Waals surface area contributed by atoms with Gasteiger partial charge in [0, 0.05) is 30.9 Å². The minimum Gasteiger partial charge on any atom is -0.491 e. The molecule has 2 rings (SSSR count). The van der Waals surface area contributed by atoms with Crippen molar-refractivity contribution in [3.8, 4) is 5.75 Å². The Morgan fingerprint density at radius 2 is 2.00 bits per heavy atom. The van der Waals surface area contributed by atoms with E-state index in [0.29, 0.717) is 11.6 Å². The topological polar surface area (TPSA) is 34.1 Å². The van der Waals surface area contributed by atoms with Crippen LogP contribution >= 0.6 is 11.6 Å². The summed E-state index contributed by atoms with van der Waals surface area (Å²) in [5.74, 6) is 0.789. The highest BCUT2D eigenvalue weighted by molar-refractivity contribution is 6.32. The van der Waals surface area contributed by atoms with E-state index in [-0.39, 0.29) is 0 Å². The van der Waals surface area contributed by atoms with E-state index < -0.39 is 0 Å². The molecule has 0 bridgehead atoms. The normalized spacial score (nSPS) is 10.6. The number of ether oxygens (including phenoxy) is 1. The zero-order valence-electron chi connectivity index (χ0n) is 12.3. The van der Waals surface area contributed by atoms with Gasteiger partial charge >= 0.3 is 0 Å². The smallest absolute Gasteiger partial charge is 0.142 e. The lowest BCUT2D eigenvalue weighted by atomic mass is 10.2. The first-order valence-electron chi connectivity index (χ1n) is 7.31. The molecule has 0 saturated heterocycles. The van der Waals surface area contributed by atoms with Gasteiger partial charge in [0.25, 0.3) is 0 Å². The number of pyridine rings is 1. The summed E-state index contributed by atoms with van der Waals surface area (Å²) >= 11 is 6.26. The standard InChI is InChI=1S/C17H21ClN2O/c1-2-9-20-13-15-4-3-5-16(18)17(15)21-12-8-14-6-10-19-11-7-14/h3-7,10-11,20H,2,8-9,12-13H2,1H3. The number of hydrogen-bond acceptors (Lipinski definition) is 3. The predicted molar refractivity (Wildman–Crippen MR) is 86.9 cm³/mol. The fourth-order valence-electron chi connectivity index (χ4n) is 2.07. The maximum Gasteiger partial charge on any atom is 0.142 e. The lowest BCUT2D eigenvalue weighted by molar-refractivity contribution is 0.318. The SMILES string of the molecule is CCCNCc1cccc(Cl)c1OCCc1ccncc1. The van der Waals surface area contributed by atoms with Crippen LogP contribution in [0.15, 0.2) is 42.7 Å². The third kappa shape index (κ3) is 5.03. The summed E-state index contributed by atoms with van der Waals surface area (Å²) in [4.78, 5) is 4.01. The van der Waals surface area contributed by atoms with Crippen LogP contribution in [0.25, 0.3) is 0 Å². The molecule has 0 atom stereocenters. The molecule has 1 aromatic heterocycles. The van der Waals surface area contributed by atoms with Gasteiger partial charge in [0.2, 0.25) is 0 Å². The van der Waals surface area contributed by atoms with Gasteiger partial charge in [-0.25, -0.2) is 0 Å². The summed E-state index contributed by atoms with van der Waals surface area (Å²) in [5.41, 5.74) is 2.31. The average Bonchev–Trinajstić information content (AvgIpc) is 2.51. The summed E-state index contributed by atoms with van der Waals surface area (Å²) in [7, 11) is 0. The van der Waals surface area contributed by atoms with Crippen LogP contribution in [0, 0.1) is 0 Å². The third-order valence-electron chi connectivity index (χ3n) is 3.18. The molecule has 0 aliphatic heterocycles. The summed E-state index contributed by atoms with van der Waals surface area (Å²) in [6.07, 6.45) is 5.55. The number of rotatable bonds is 8. The Morgan fingerprint density at radius 3 is 2.76 bits per heavy atom. The molecule has 3 nitrogen and oxygen atoms in total. The monoisotopic (exact) mass is 304 g/mol. The van der Waals surface area contributed by atoms with Gasteiger partial charge in [0.05, 0.1) is 11.6 Å². The molecule has 0 spiro atoms. The lowest BCUT2D eigenvalue weighted by Gasteiger charge is -2.13. The number of nitrogens with zero attached hydrogens (tertiary/aromatic N) is 1. The molecule has 2 aromatic rings. The van der Waals surface area contributed by atoms with E-state index in [1.807, 2.05) is 24.3 Å². The van der Waals surface area contributed by atoms with Gasteiger partial charge in [-0.1, -0.05) is 30.7 Å². The fraction of sp³-hybridized carbons (Fsp3) is 0.353. The number of aromatic nitrogens is 1. The lowest BCUT2D eigenvalue weighted by Crippen LogP contribution is -2.15. The van der Waals surface area contributed by atoms with Crippen LogP contribution in [0.3, 0.4) is 0 Å². The second-order valence-electron chi connectivity index (χ2n) is 4.86. The molecule has 0 aliphatic carbocycles. The van der Waals surface area contributed by atoms with Crippen LogP contribution in [0.2, 0.25) is 5.02 Å². The highest BCUT2D eigenvalue weighted by Gasteiger charge is 2.08. The number of nitrogens with one attached hydrogen (secondary N) is 1. The molecule has 1 N–H and O–H groups in total. The number of halogens is 1. The Labute approximate surface area is 131 Å². The van der Waals surface area contributed by atoms with Crippen LogP contribution in [-0.4, -0.2) is 18.1 Å². The maximum absolute atomic E-state index is 6.26. The van der Waals surface area contributed by atoms with Crippen molar-refractivity contribution >= 4 is 11.6 Å². The number of hydrogen-bond donors (Lipinski definition) is 1. The van der Waals surface area contributed by atoms with Crippen molar-refractivity contribution < 1.29 is 4.74 Å². The van der Waals surface area contributed by atoms with Crippen molar-refractivity contribution in [2.24, 2.45) is 0 Å². The van der Waals surface area contributed by atoms with Gasteiger partial charge in [-0.3, -0.25) is 4.98 Å². The van der Waals surface area contributed by atoms with Crippen molar-refractivity contribution in [3.63, 3.8) is 0 Å². The quantitative estimate of drug-likeness (QED) is 0.752. The van der Waals surface area contributed by atoms with E-state index in [1.54, 1.807) is 12.4 Å². The molecule has 21 heavy (non-hydrogen) atoms. The Balaban J connectivity index is 1.94. The molecular weight excluding hydrogens is 284 g/mol.